The van der Waals surface area contributed by atoms with Gasteiger partial charge in [-0.25, -0.2) is 0 Å². The van der Waals surface area contributed by atoms with Crippen LogP contribution in [0.5, 0.6) is 0 Å². The minimum Gasteiger partial charge on any atom is -0.356 e. The van der Waals surface area contributed by atoms with E-state index in [1.807, 2.05) is 0 Å². The molecule has 2 unspecified atom stereocenters. The third-order valence-electron chi connectivity index (χ3n) is 7.52. The lowest BCUT2D eigenvalue weighted by Gasteiger charge is -2.26. The van der Waals surface area contributed by atoms with Crippen molar-refractivity contribution < 1.29 is 18.9 Å². The van der Waals surface area contributed by atoms with E-state index in [0.29, 0.717) is 11.8 Å². The van der Waals surface area contributed by atoms with Crippen LogP contribution in [0.25, 0.3) is 0 Å². The van der Waals surface area contributed by atoms with Crippen LogP contribution in [-0.4, -0.2) is 41.0 Å². The summed E-state index contributed by atoms with van der Waals surface area (Å²) in [7, 11) is 7.07. The van der Waals surface area contributed by atoms with Gasteiger partial charge < -0.3 is 18.9 Å². The fourth-order valence-electron chi connectivity index (χ4n) is 5.13. The van der Waals surface area contributed by atoms with E-state index in [4.69, 9.17) is 18.9 Å². The molecule has 0 N–H and O–H groups in total. The standard InChI is InChI=1S/C30H62O4/c1-7-9-11-13-15-17-19-21-27(25-29(31-3)32-4)23-24-28(26-30(33-5)34-6)22-20-18-16-14-12-10-8-2/h27-30H,7-26H2,1-6H3. The molecular formula is C30H62O4. The van der Waals surface area contributed by atoms with Crippen molar-refractivity contribution in [1.29, 1.82) is 0 Å². The van der Waals surface area contributed by atoms with E-state index in [1.165, 1.54) is 116 Å². The summed E-state index contributed by atoms with van der Waals surface area (Å²) in [4.78, 5) is 0. The van der Waals surface area contributed by atoms with Crippen LogP contribution < -0.4 is 0 Å². The minimum absolute atomic E-state index is 0.0816. The topological polar surface area (TPSA) is 36.9 Å². The molecule has 0 saturated carbocycles. The Labute approximate surface area is 214 Å². The van der Waals surface area contributed by atoms with Crippen molar-refractivity contribution in [3.05, 3.63) is 0 Å². The Morgan fingerprint density at radius 1 is 0.382 bits per heavy atom. The van der Waals surface area contributed by atoms with Crippen LogP contribution in [-0.2, 0) is 18.9 Å². The fourth-order valence-corrected chi connectivity index (χ4v) is 5.13. The van der Waals surface area contributed by atoms with Crippen LogP contribution in [0.1, 0.15) is 142 Å². The predicted octanol–water partition coefficient (Wildman–Crippen LogP) is 9.30. The Balaban J connectivity index is 4.62. The summed E-state index contributed by atoms with van der Waals surface area (Å²) in [5.74, 6) is 1.33. The van der Waals surface area contributed by atoms with Gasteiger partial charge in [-0.1, -0.05) is 117 Å². The van der Waals surface area contributed by atoms with Gasteiger partial charge in [0, 0.05) is 41.3 Å². The van der Waals surface area contributed by atoms with Gasteiger partial charge in [0.1, 0.15) is 0 Å². The van der Waals surface area contributed by atoms with E-state index in [9.17, 15) is 0 Å². The van der Waals surface area contributed by atoms with Gasteiger partial charge >= 0.3 is 0 Å². The molecule has 4 nitrogen and oxygen atoms in total. The Morgan fingerprint density at radius 2 is 0.676 bits per heavy atom. The maximum atomic E-state index is 5.57. The van der Waals surface area contributed by atoms with Crippen molar-refractivity contribution >= 4 is 0 Å². The van der Waals surface area contributed by atoms with Gasteiger partial charge in [-0.2, -0.15) is 0 Å². The van der Waals surface area contributed by atoms with Crippen molar-refractivity contribution in [2.24, 2.45) is 11.8 Å². The quantitative estimate of drug-likeness (QED) is 0.0856. The second-order valence-corrected chi connectivity index (χ2v) is 10.4. The molecule has 0 amide bonds. The van der Waals surface area contributed by atoms with E-state index in [-0.39, 0.29) is 12.6 Å². The SMILES string of the molecule is CCCCCCCCCC(CCC(CCCCCCCCC)CC(OC)OC)CC(OC)OC. The molecule has 4 heteroatoms. The van der Waals surface area contributed by atoms with Crippen molar-refractivity contribution in [3.63, 3.8) is 0 Å². The average Bonchev–Trinajstić information content (AvgIpc) is 2.86. The maximum absolute atomic E-state index is 5.57. The van der Waals surface area contributed by atoms with Gasteiger partial charge in [-0.3, -0.25) is 0 Å². The zero-order valence-electron chi connectivity index (χ0n) is 24.1. The molecule has 0 fully saturated rings. The summed E-state index contributed by atoms with van der Waals surface area (Å²) in [6.45, 7) is 4.57. The minimum atomic E-state index is -0.0816. The third-order valence-corrected chi connectivity index (χ3v) is 7.52. The van der Waals surface area contributed by atoms with Crippen LogP contribution in [0.2, 0.25) is 0 Å². The summed E-state index contributed by atoms with van der Waals surface area (Å²) in [5, 5.41) is 0. The van der Waals surface area contributed by atoms with E-state index < -0.39 is 0 Å². The molecule has 0 aliphatic rings. The monoisotopic (exact) mass is 486 g/mol. The van der Waals surface area contributed by atoms with Crippen LogP contribution >= 0.6 is 0 Å². The van der Waals surface area contributed by atoms with Crippen LogP contribution in [0.4, 0.5) is 0 Å². The molecule has 34 heavy (non-hydrogen) atoms. The number of rotatable bonds is 27. The fraction of sp³-hybridized carbons (Fsp3) is 1.00. The van der Waals surface area contributed by atoms with E-state index >= 15 is 0 Å². The lowest BCUT2D eigenvalue weighted by atomic mass is 9.85. The van der Waals surface area contributed by atoms with E-state index in [1.54, 1.807) is 28.4 Å². The first-order chi connectivity index (χ1) is 16.6. The van der Waals surface area contributed by atoms with Gasteiger partial charge in [0.05, 0.1) is 0 Å². The van der Waals surface area contributed by atoms with Gasteiger partial charge in [0.2, 0.25) is 0 Å². The highest BCUT2D eigenvalue weighted by Gasteiger charge is 2.20. The third kappa shape index (κ3) is 20.1. The number of ether oxygens (including phenoxy) is 4. The molecule has 0 radical (unpaired) electrons. The summed E-state index contributed by atoms with van der Waals surface area (Å²) in [6, 6.07) is 0. The highest BCUT2D eigenvalue weighted by Crippen LogP contribution is 2.29. The van der Waals surface area contributed by atoms with E-state index in [0.717, 1.165) is 12.8 Å². The van der Waals surface area contributed by atoms with Gasteiger partial charge in [-0.05, 0) is 24.7 Å². The number of unbranched alkanes of at least 4 members (excludes halogenated alkanes) is 12. The van der Waals surface area contributed by atoms with Crippen LogP contribution in [0.3, 0.4) is 0 Å². The molecule has 0 aromatic heterocycles. The van der Waals surface area contributed by atoms with Crippen LogP contribution in [0, 0.1) is 11.8 Å². The molecule has 0 spiro atoms. The molecule has 206 valence electrons. The summed E-state index contributed by atoms with van der Waals surface area (Å²) >= 11 is 0. The maximum Gasteiger partial charge on any atom is 0.157 e. The Morgan fingerprint density at radius 3 is 0.971 bits per heavy atom. The van der Waals surface area contributed by atoms with Crippen molar-refractivity contribution in [1.82, 2.24) is 0 Å². The normalized spacial score (nSPS) is 13.8. The molecule has 0 heterocycles. The Kier molecular flexibility index (Phi) is 25.8. The van der Waals surface area contributed by atoms with Gasteiger partial charge in [0.25, 0.3) is 0 Å². The van der Waals surface area contributed by atoms with Crippen molar-refractivity contribution in [2.45, 2.75) is 155 Å². The predicted molar refractivity (Wildman–Crippen MR) is 146 cm³/mol. The van der Waals surface area contributed by atoms with E-state index in [2.05, 4.69) is 13.8 Å². The Bertz CT molecular complexity index is 346. The summed E-state index contributed by atoms with van der Waals surface area (Å²) in [6.07, 6.45) is 26.1. The lowest BCUT2D eigenvalue weighted by Crippen LogP contribution is -2.21. The van der Waals surface area contributed by atoms with Crippen molar-refractivity contribution in [2.75, 3.05) is 28.4 Å². The van der Waals surface area contributed by atoms with Crippen molar-refractivity contribution in [3.8, 4) is 0 Å². The second kappa shape index (κ2) is 25.9. The molecule has 0 aliphatic heterocycles. The number of hydrogen-bond donors (Lipinski definition) is 0. The summed E-state index contributed by atoms with van der Waals surface area (Å²) in [5.41, 5.74) is 0. The molecule has 0 saturated heterocycles. The molecule has 0 bridgehead atoms. The zero-order chi connectivity index (χ0) is 25.3. The molecular weight excluding hydrogens is 424 g/mol. The largest absolute Gasteiger partial charge is 0.356 e. The van der Waals surface area contributed by atoms with Gasteiger partial charge in [-0.15, -0.1) is 0 Å². The Hall–Kier alpha value is -0.160. The molecule has 2 atom stereocenters. The first kappa shape index (κ1) is 33.8. The molecule has 0 aliphatic carbocycles. The second-order valence-electron chi connectivity index (χ2n) is 10.4. The highest BCUT2D eigenvalue weighted by molar-refractivity contribution is 4.69. The zero-order valence-corrected chi connectivity index (χ0v) is 24.1. The number of methoxy groups -OCH3 is 4. The first-order valence-electron chi connectivity index (χ1n) is 14.8. The molecule has 0 aromatic carbocycles. The molecule has 0 rings (SSSR count). The first-order valence-corrected chi connectivity index (χ1v) is 14.8. The lowest BCUT2D eigenvalue weighted by molar-refractivity contribution is -0.119. The van der Waals surface area contributed by atoms with Crippen LogP contribution in [0.15, 0.2) is 0 Å². The summed E-state index contributed by atoms with van der Waals surface area (Å²) < 4.78 is 22.3. The number of hydrogen-bond acceptors (Lipinski definition) is 4. The molecule has 0 aromatic rings. The smallest absolute Gasteiger partial charge is 0.157 e. The average molecular weight is 487 g/mol. The van der Waals surface area contributed by atoms with Gasteiger partial charge in [0.15, 0.2) is 12.6 Å². The highest BCUT2D eigenvalue weighted by atomic mass is 16.7.